The number of nitrogens with two attached hydrogens (primary N) is 1. The highest BCUT2D eigenvalue weighted by Crippen LogP contribution is 2.36. The van der Waals surface area contributed by atoms with Gasteiger partial charge in [-0.05, 0) is 81.5 Å². The van der Waals surface area contributed by atoms with Crippen molar-refractivity contribution < 1.29 is 0 Å². The van der Waals surface area contributed by atoms with Crippen LogP contribution in [0.4, 0.5) is 0 Å². The van der Waals surface area contributed by atoms with E-state index in [2.05, 4.69) is 113 Å². The van der Waals surface area contributed by atoms with Gasteiger partial charge in [0.05, 0.1) is 17.4 Å². The molecule has 2 nitrogen and oxygen atoms in total. The summed E-state index contributed by atoms with van der Waals surface area (Å²) in [7, 11) is 0. The molecule has 2 unspecified atom stereocenters. The van der Waals surface area contributed by atoms with Gasteiger partial charge >= 0.3 is 0 Å². The summed E-state index contributed by atoms with van der Waals surface area (Å²) in [6.07, 6.45) is 9.69. The maximum atomic E-state index is 6.53. The van der Waals surface area contributed by atoms with Crippen LogP contribution >= 0.6 is 0 Å². The summed E-state index contributed by atoms with van der Waals surface area (Å²) in [6.45, 7) is 9.20. The second-order valence-electron chi connectivity index (χ2n) is 11.7. The van der Waals surface area contributed by atoms with Crippen molar-refractivity contribution in [2.45, 2.75) is 46.6 Å². The number of pyridine rings is 1. The number of hydrogen-bond acceptors (Lipinski definition) is 2. The molecule has 5 aromatic rings. The smallest absolute Gasteiger partial charge is 0.0726 e. The standard InChI is InChI=1S/C26H20N2.C13H22/c27-26(18-9-2-1-3-10-18)24-16-8-15-23(28-24)25-21-13-6-4-11-19(21)17-20-12-5-7-14-22(20)25;1-10(2)12-7-5-6-8-13(9-12)11(3)4/h1-17,26H,27H2;5,7,9-11,13H,6,8H2,1-4H3. The van der Waals surface area contributed by atoms with Crippen molar-refractivity contribution in [2.75, 3.05) is 0 Å². The lowest BCUT2D eigenvalue weighted by Gasteiger charge is -2.16. The second-order valence-corrected chi connectivity index (χ2v) is 11.7. The molecule has 1 aromatic heterocycles. The van der Waals surface area contributed by atoms with Gasteiger partial charge in [-0.15, -0.1) is 0 Å². The molecular formula is C39H42N2. The first-order valence-corrected chi connectivity index (χ1v) is 15.0. The van der Waals surface area contributed by atoms with Crippen LogP contribution in [0, 0.1) is 17.8 Å². The summed E-state index contributed by atoms with van der Waals surface area (Å²) < 4.78 is 0. The molecule has 0 bridgehead atoms. The predicted molar refractivity (Wildman–Crippen MR) is 177 cm³/mol. The van der Waals surface area contributed by atoms with E-state index in [0.717, 1.165) is 34.4 Å². The van der Waals surface area contributed by atoms with Gasteiger partial charge in [-0.25, -0.2) is 0 Å². The van der Waals surface area contributed by atoms with Gasteiger partial charge in [0.2, 0.25) is 0 Å². The highest BCUT2D eigenvalue weighted by atomic mass is 14.8. The quantitative estimate of drug-likeness (QED) is 0.226. The summed E-state index contributed by atoms with van der Waals surface area (Å²) in [5.41, 5.74) is 12.1. The Morgan fingerprint density at radius 3 is 2.00 bits per heavy atom. The third-order valence-corrected chi connectivity index (χ3v) is 8.18. The molecule has 0 radical (unpaired) electrons. The van der Waals surface area contributed by atoms with Crippen LogP contribution in [0.1, 0.15) is 57.8 Å². The number of hydrogen-bond donors (Lipinski definition) is 1. The van der Waals surface area contributed by atoms with Crippen LogP contribution in [0.5, 0.6) is 0 Å². The Kier molecular flexibility index (Phi) is 9.11. The van der Waals surface area contributed by atoms with Gasteiger partial charge in [0.15, 0.2) is 0 Å². The Bertz CT molecular complexity index is 1610. The average Bonchev–Trinajstić information content (AvgIpc) is 3.27. The molecule has 1 aliphatic carbocycles. The Balaban J connectivity index is 0.000000219. The minimum Gasteiger partial charge on any atom is -0.319 e. The predicted octanol–water partition coefficient (Wildman–Crippen LogP) is 10.3. The Morgan fingerprint density at radius 1 is 0.732 bits per heavy atom. The molecule has 41 heavy (non-hydrogen) atoms. The SMILES string of the molecule is CC(C)C1=CC(C(C)C)CCC=C1.NC(c1ccccc1)c1cccc(-c2c3ccccc3cc3ccccc23)n1. The minimum absolute atomic E-state index is 0.248. The van der Waals surface area contributed by atoms with E-state index < -0.39 is 0 Å². The average molecular weight is 539 g/mol. The minimum atomic E-state index is -0.248. The van der Waals surface area contributed by atoms with E-state index >= 15 is 0 Å². The van der Waals surface area contributed by atoms with Gasteiger partial charge in [0.1, 0.15) is 0 Å². The molecule has 6 rings (SSSR count). The molecular weight excluding hydrogens is 496 g/mol. The van der Waals surface area contributed by atoms with E-state index in [9.17, 15) is 0 Å². The van der Waals surface area contributed by atoms with Crippen LogP contribution in [0.15, 0.2) is 127 Å². The maximum absolute atomic E-state index is 6.53. The summed E-state index contributed by atoms with van der Waals surface area (Å²) in [6, 6.07) is 35.2. The fourth-order valence-corrected chi connectivity index (χ4v) is 5.69. The fourth-order valence-electron chi connectivity index (χ4n) is 5.69. The summed E-state index contributed by atoms with van der Waals surface area (Å²) >= 11 is 0. The number of benzene rings is 4. The van der Waals surface area contributed by atoms with Crippen LogP contribution in [0.3, 0.4) is 0 Å². The molecule has 0 spiro atoms. The lowest BCUT2D eigenvalue weighted by atomic mass is 9.89. The normalized spacial score (nSPS) is 15.9. The molecule has 2 atom stereocenters. The zero-order valence-electron chi connectivity index (χ0n) is 24.8. The lowest BCUT2D eigenvalue weighted by Crippen LogP contribution is -2.13. The van der Waals surface area contributed by atoms with Gasteiger partial charge in [-0.2, -0.15) is 0 Å². The number of fused-ring (bicyclic) bond motifs is 2. The molecule has 4 aromatic carbocycles. The van der Waals surface area contributed by atoms with Crippen molar-refractivity contribution in [3.05, 3.63) is 138 Å². The molecule has 2 heteroatoms. The van der Waals surface area contributed by atoms with E-state index in [1.807, 2.05) is 36.4 Å². The fraction of sp³-hybridized carbons (Fsp3) is 0.256. The zero-order chi connectivity index (χ0) is 28.8. The third-order valence-electron chi connectivity index (χ3n) is 8.18. The molecule has 208 valence electrons. The first-order chi connectivity index (χ1) is 19.9. The van der Waals surface area contributed by atoms with E-state index in [4.69, 9.17) is 10.7 Å². The third kappa shape index (κ3) is 6.66. The molecule has 1 aliphatic rings. The van der Waals surface area contributed by atoms with Crippen LogP contribution in [-0.4, -0.2) is 4.98 Å². The number of aromatic nitrogens is 1. The van der Waals surface area contributed by atoms with Crippen molar-refractivity contribution in [2.24, 2.45) is 23.5 Å². The molecule has 0 amide bonds. The van der Waals surface area contributed by atoms with Crippen molar-refractivity contribution >= 4 is 21.5 Å². The van der Waals surface area contributed by atoms with Gasteiger partial charge < -0.3 is 5.73 Å². The number of rotatable bonds is 5. The van der Waals surface area contributed by atoms with Gasteiger partial charge in [-0.1, -0.05) is 131 Å². The van der Waals surface area contributed by atoms with Crippen LogP contribution in [0.25, 0.3) is 32.8 Å². The molecule has 0 aliphatic heterocycles. The molecule has 0 fully saturated rings. The van der Waals surface area contributed by atoms with Crippen molar-refractivity contribution in [3.63, 3.8) is 0 Å². The first-order valence-electron chi connectivity index (χ1n) is 15.0. The van der Waals surface area contributed by atoms with Crippen molar-refractivity contribution in [1.82, 2.24) is 4.98 Å². The van der Waals surface area contributed by atoms with E-state index in [-0.39, 0.29) is 6.04 Å². The Hall–Kier alpha value is -4.01. The number of nitrogens with zero attached hydrogens (tertiary/aromatic N) is 1. The summed E-state index contributed by atoms with van der Waals surface area (Å²) in [5.74, 6) is 2.25. The van der Waals surface area contributed by atoms with E-state index in [1.165, 1.54) is 40.0 Å². The maximum Gasteiger partial charge on any atom is 0.0726 e. The number of allylic oxidation sites excluding steroid dienone is 4. The van der Waals surface area contributed by atoms with Crippen LogP contribution < -0.4 is 5.73 Å². The zero-order valence-corrected chi connectivity index (χ0v) is 24.8. The largest absolute Gasteiger partial charge is 0.319 e. The monoisotopic (exact) mass is 538 g/mol. The van der Waals surface area contributed by atoms with Crippen molar-refractivity contribution in [3.8, 4) is 11.3 Å². The van der Waals surface area contributed by atoms with Gasteiger partial charge in [0.25, 0.3) is 0 Å². The molecule has 1 heterocycles. The first kappa shape index (κ1) is 28.5. The topological polar surface area (TPSA) is 38.9 Å². The molecule has 0 saturated carbocycles. The van der Waals surface area contributed by atoms with Crippen LogP contribution in [-0.2, 0) is 0 Å². The summed E-state index contributed by atoms with van der Waals surface area (Å²) in [5, 5.41) is 4.85. The highest BCUT2D eigenvalue weighted by Gasteiger charge is 2.15. The van der Waals surface area contributed by atoms with Gasteiger partial charge in [-0.3, -0.25) is 4.98 Å². The summed E-state index contributed by atoms with van der Waals surface area (Å²) in [4.78, 5) is 4.99. The van der Waals surface area contributed by atoms with Gasteiger partial charge in [0, 0.05) is 5.56 Å². The molecule has 0 saturated heterocycles. The van der Waals surface area contributed by atoms with Crippen molar-refractivity contribution in [1.29, 1.82) is 0 Å². The molecule has 2 N–H and O–H groups in total. The highest BCUT2D eigenvalue weighted by molar-refractivity contribution is 6.12. The Morgan fingerprint density at radius 2 is 1.37 bits per heavy atom. The Labute approximate surface area is 245 Å². The van der Waals surface area contributed by atoms with E-state index in [1.54, 1.807) is 0 Å². The second kappa shape index (κ2) is 13.1. The van der Waals surface area contributed by atoms with E-state index in [0.29, 0.717) is 5.92 Å². The van der Waals surface area contributed by atoms with Crippen LogP contribution in [0.2, 0.25) is 0 Å². The lowest BCUT2D eigenvalue weighted by molar-refractivity contribution is 0.438.